The molecule has 2 aliphatic rings. The Morgan fingerprint density at radius 2 is 2.00 bits per heavy atom. The summed E-state index contributed by atoms with van der Waals surface area (Å²) in [7, 11) is 0. The second-order valence-electron chi connectivity index (χ2n) is 6.39. The van der Waals surface area contributed by atoms with Gasteiger partial charge in [0.05, 0.1) is 5.92 Å². The third kappa shape index (κ3) is 4.27. The quantitative estimate of drug-likeness (QED) is 0.904. The second-order valence-corrected chi connectivity index (χ2v) is 6.39. The van der Waals surface area contributed by atoms with Gasteiger partial charge in [0.15, 0.2) is 0 Å². The number of piperidine rings is 1. The zero-order valence-corrected chi connectivity index (χ0v) is 12.4. The van der Waals surface area contributed by atoms with Gasteiger partial charge in [-0.15, -0.1) is 0 Å². The highest BCUT2D eigenvalue weighted by Crippen LogP contribution is 2.28. The first-order valence-corrected chi connectivity index (χ1v) is 7.95. The molecule has 1 heterocycles. The lowest BCUT2D eigenvalue weighted by molar-refractivity contribution is -0.126. The SMILES string of the molecule is O=C(NCC1CC1)C1CCCN(Cc2ccc(F)cc2)C1. The molecule has 0 bridgehead atoms. The molecule has 1 saturated heterocycles. The Morgan fingerprint density at radius 3 is 2.71 bits per heavy atom. The van der Waals surface area contributed by atoms with Crippen LogP contribution in [-0.4, -0.2) is 30.4 Å². The van der Waals surface area contributed by atoms with Gasteiger partial charge in [0, 0.05) is 19.6 Å². The second kappa shape index (κ2) is 6.56. The molecule has 4 heteroatoms. The van der Waals surface area contributed by atoms with E-state index in [1.807, 2.05) is 12.1 Å². The van der Waals surface area contributed by atoms with E-state index < -0.39 is 0 Å². The summed E-state index contributed by atoms with van der Waals surface area (Å²) >= 11 is 0. The largest absolute Gasteiger partial charge is 0.356 e. The minimum Gasteiger partial charge on any atom is -0.356 e. The molecule has 1 atom stereocenters. The van der Waals surface area contributed by atoms with Crippen LogP contribution in [0.2, 0.25) is 0 Å². The van der Waals surface area contributed by atoms with E-state index in [4.69, 9.17) is 0 Å². The van der Waals surface area contributed by atoms with Gasteiger partial charge in [0.1, 0.15) is 5.82 Å². The molecule has 1 unspecified atom stereocenters. The molecule has 114 valence electrons. The molecule has 1 aliphatic heterocycles. The molecule has 1 saturated carbocycles. The Morgan fingerprint density at radius 1 is 1.24 bits per heavy atom. The van der Waals surface area contributed by atoms with Crippen molar-refractivity contribution < 1.29 is 9.18 Å². The molecule has 0 radical (unpaired) electrons. The maximum atomic E-state index is 12.9. The molecule has 1 aromatic carbocycles. The van der Waals surface area contributed by atoms with Crippen LogP contribution in [0.1, 0.15) is 31.2 Å². The van der Waals surface area contributed by atoms with Gasteiger partial charge in [0.2, 0.25) is 5.91 Å². The van der Waals surface area contributed by atoms with Gasteiger partial charge < -0.3 is 5.32 Å². The first-order valence-electron chi connectivity index (χ1n) is 7.95. The van der Waals surface area contributed by atoms with E-state index in [1.165, 1.54) is 25.0 Å². The molecular weight excluding hydrogens is 267 g/mol. The van der Waals surface area contributed by atoms with Gasteiger partial charge in [0.25, 0.3) is 0 Å². The third-order valence-electron chi connectivity index (χ3n) is 4.46. The van der Waals surface area contributed by atoms with Crippen LogP contribution in [0.3, 0.4) is 0 Å². The van der Waals surface area contributed by atoms with Crippen LogP contribution in [-0.2, 0) is 11.3 Å². The monoisotopic (exact) mass is 290 g/mol. The molecule has 3 rings (SSSR count). The number of hydrogen-bond acceptors (Lipinski definition) is 2. The van der Waals surface area contributed by atoms with Crippen molar-refractivity contribution in [1.29, 1.82) is 0 Å². The van der Waals surface area contributed by atoms with Crippen molar-refractivity contribution in [1.82, 2.24) is 10.2 Å². The fourth-order valence-corrected chi connectivity index (χ4v) is 2.97. The summed E-state index contributed by atoms with van der Waals surface area (Å²) in [6.07, 6.45) is 4.57. The number of benzene rings is 1. The van der Waals surface area contributed by atoms with Crippen LogP contribution in [0.15, 0.2) is 24.3 Å². The summed E-state index contributed by atoms with van der Waals surface area (Å²) in [5.74, 6) is 0.853. The molecule has 3 nitrogen and oxygen atoms in total. The Kier molecular flexibility index (Phi) is 4.54. The van der Waals surface area contributed by atoms with Crippen LogP contribution < -0.4 is 5.32 Å². The zero-order chi connectivity index (χ0) is 14.7. The lowest BCUT2D eigenvalue weighted by Gasteiger charge is -2.32. The molecule has 0 spiro atoms. The van der Waals surface area contributed by atoms with Gasteiger partial charge in [-0.25, -0.2) is 4.39 Å². The predicted octanol–water partition coefficient (Wildman–Crippen LogP) is 2.56. The minimum atomic E-state index is -0.199. The van der Waals surface area contributed by atoms with Crippen molar-refractivity contribution in [3.8, 4) is 0 Å². The number of nitrogens with zero attached hydrogens (tertiary/aromatic N) is 1. The van der Waals surface area contributed by atoms with Crippen molar-refractivity contribution in [3.05, 3.63) is 35.6 Å². The topological polar surface area (TPSA) is 32.3 Å². The van der Waals surface area contributed by atoms with Gasteiger partial charge in [-0.2, -0.15) is 0 Å². The summed E-state index contributed by atoms with van der Waals surface area (Å²) < 4.78 is 12.9. The summed E-state index contributed by atoms with van der Waals surface area (Å²) in [5.41, 5.74) is 1.11. The predicted molar refractivity (Wildman–Crippen MR) is 80.1 cm³/mol. The molecule has 1 N–H and O–H groups in total. The average Bonchev–Trinajstić information content (AvgIpc) is 3.32. The van der Waals surface area contributed by atoms with E-state index in [0.29, 0.717) is 0 Å². The van der Waals surface area contributed by atoms with E-state index in [0.717, 1.165) is 50.5 Å². The normalized spacial score (nSPS) is 23.0. The van der Waals surface area contributed by atoms with Crippen LogP contribution in [0.4, 0.5) is 4.39 Å². The Hall–Kier alpha value is -1.42. The Labute approximate surface area is 125 Å². The van der Waals surface area contributed by atoms with Crippen molar-refractivity contribution in [2.75, 3.05) is 19.6 Å². The molecule has 1 aromatic rings. The minimum absolute atomic E-state index is 0.109. The maximum absolute atomic E-state index is 12.9. The van der Waals surface area contributed by atoms with Crippen LogP contribution >= 0.6 is 0 Å². The Bertz CT molecular complexity index is 484. The number of nitrogens with one attached hydrogen (secondary N) is 1. The lowest BCUT2D eigenvalue weighted by Crippen LogP contribution is -2.43. The summed E-state index contributed by atoms with van der Waals surface area (Å²) in [6.45, 7) is 3.48. The fourth-order valence-electron chi connectivity index (χ4n) is 2.97. The van der Waals surface area contributed by atoms with Crippen molar-refractivity contribution in [3.63, 3.8) is 0 Å². The van der Waals surface area contributed by atoms with Crippen molar-refractivity contribution >= 4 is 5.91 Å². The molecule has 2 fully saturated rings. The zero-order valence-electron chi connectivity index (χ0n) is 12.4. The van der Waals surface area contributed by atoms with Crippen molar-refractivity contribution in [2.45, 2.75) is 32.2 Å². The molecule has 1 aliphatic carbocycles. The number of hydrogen-bond donors (Lipinski definition) is 1. The van der Waals surface area contributed by atoms with Gasteiger partial charge in [-0.1, -0.05) is 12.1 Å². The third-order valence-corrected chi connectivity index (χ3v) is 4.46. The number of carbonyl (C=O) groups excluding carboxylic acids is 1. The standard InChI is InChI=1S/C17H23FN2O/c18-16-7-5-14(6-8-16)11-20-9-1-2-15(12-20)17(21)19-10-13-3-4-13/h5-8,13,15H,1-4,9-12H2,(H,19,21). The van der Waals surface area contributed by atoms with E-state index >= 15 is 0 Å². The molecule has 1 amide bonds. The molecule has 0 aromatic heterocycles. The smallest absolute Gasteiger partial charge is 0.224 e. The van der Waals surface area contributed by atoms with Crippen LogP contribution in [0.25, 0.3) is 0 Å². The highest BCUT2D eigenvalue weighted by Gasteiger charge is 2.27. The summed E-state index contributed by atoms with van der Waals surface area (Å²) in [6, 6.07) is 6.65. The highest BCUT2D eigenvalue weighted by atomic mass is 19.1. The summed E-state index contributed by atoms with van der Waals surface area (Å²) in [4.78, 5) is 14.5. The van der Waals surface area contributed by atoms with Crippen molar-refractivity contribution in [2.24, 2.45) is 11.8 Å². The van der Waals surface area contributed by atoms with Gasteiger partial charge in [-0.05, 0) is 55.8 Å². The average molecular weight is 290 g/mol. The van der Waals surface area contributed by atoms with Crippen LogP contribution in [0.5, 0.6) is 0 Å². The van der Waals surface area contributed by atoms with Gasteiger partial charge in [-0.3, -0.25) is 9.69 Å². The molecule has 21 heavy (non-hydrogen) atoms. The Balaban J connectivity index is 1.49. The number of amides is 1. The first-order chi connectivity index (χ1) is 10.2. The number of carbonyl (C=O) groups is 1. The van der Waals surface area contributed by atoms with Gasteiger partial charge >= 0.3 is 0 Å². The number of likely N-dealkylation sites (tertiary alicyclic amines) is 1. The highest BCUT2D eigenvalue weighted by molar-refractivity contribution is 5.79. The number of halogens is 1. The first kappa shape index (κ1) is 14.5. The van der Waals surface area contributed by atoms with E-state index in [2.05, 4.69) is 10.2 Å². The summed E-state index contributed by atoms with van der Waals surface area (Å²) in [5, 5.41) is 3.09. The lowest BCUT2D eigenvalue weighted by atomic mass is 9.96. The van der Waals surface area contributed by atoms with E-state index in [-0.39, 0.29) is 17.6 Å². The van der Waals surface area contributed by atoms with E-state index in [1.54, 1.807) is 0 Å². The fraction of sp³-hybridized carbons (Fsp3) is 0.588. The number of rotatable bonds is 5. The maximum Gasteiger partial charge on any atom is 0.224 e. The van der Waals surface area contributed by atoms with E-state index in [9.17, 15) is 9.18 Å². The van der Waals surface area contributed by atoms with Crippen LogP contribution in [0, 0.1) is 17.7 Å². The molecular formula is C17H23FN2O.